The molecule has 0 unspecified atom stereocenters. The van der Waals surface area contributed by atoms with Crippen LogP contribution >= 0.6 is 11.3 Å². The third kappa shape index (κ3) is 4.04. The molecule has 23 heavy (non-hydrogen) atoms. The molecule has 2 heterocycles. The maximum atomic E-state index is 13.7. The van der Waals surface area contributed by atoms with E-state index in [1.807, 2.05) is 6.07 Å². The first kappa shape index (κ1) is 15.9. The van der Waals surface area contributed by atoms with Crippen molar-refractivity contribution in [2.45, 2.75) is 32.3 Å². The Kier molecular flexibility index (Phi) is 4.85. The molecule has 2 aromatic rings. The Labute approximate surface area is 138 Å². The quantitative estimate of drug-likeness (QED) is 0.804. The number of rotatable bonds is 4. The predicted molar refractivity (Wildman–Crippen MR) is 86.1 cm³/mol. The van der Waals surface area contributed by atoms with Crippen molar-refractivity contribution in [1.82, 2.24) is 10.2 Å². The summed E-state index contributed by atoms with van der Waals surface area (Å²) in [6, 6.07) is 6.72. The van der Waals surface area contributed by atoms with Crippen LogP contribution in [0.15, 0.2) is 24.3 Å². The van der Waals surface area contributed by atoms with Crippen LogP contribution in [0, 0.1) is 5.82 Å². The Hall–Kier alpha value is -2.02. The molecule has 122 valence electrons. The van der Waals surface area contributed by atoms with E-state index in [4.69, 9.17) is 4.74 Å². The largest absolute Gasteiger partial charge is 0.462 e. The van der Waals surface area contributed by atoms with Crippen molar-refractivity contribution in [2.75, 3.05) is 18.0 Å². The molecular weight excluding hydrogens is 317 g/mol. The van der Waals surface area contributed by atoms with Gasteiger partial charge in [0, 0.05) is 39.3 Å². The first-order valence-electron chi connectivity index (χ1n) is 7.60. The third-order valence-electron chi connectivity index (χ3n) is 3.80. The van der Waals surface area contributed by atoms with E-state index in [9.17, 15) is 9.18 Å². The number of hydrogen-bond acceptors (Lipinski definition) is 6. The maximum absolute atomic E-state index is 13.7. The Morgan fingerprint density at radius 2 is 2.09 bits per heavy atom. The zero-order chi connectivity index (χ0) is 16.2. The lowest BCUT2D eigenvalue weighted by Gasteiger charge is -2.30. The van der Waals surface area contributed by atoms with Gasteiger partial charge >= 0.3 is 5.97 Å². The van der Waals surface area contributed by atoms with Gasteiger partial charge in [0.1, 0.15) is 16.9 Å². The zero-order valence-corrected chi connectivity index (χ0v) is 13.7. The lowest BCUT2D eigenvalue weighted by molar-refractivity contribution is -0.147. The highest BCUT2D eigenvalue weighted by atomic mass is 32.1. The summed E-state index contributed by atoms with van der Waals surface area (Å²) in [6.07, 6.45) is 2.03. The average molecular weight is 335 g/mol. The molecule has 0 spiro atoms. The fraction of sp³-hybridized carbons (Fsp3) is 0.438. The number of esters is 1. The fourth-order valence-corrected chi connectivity index (χ4v) is 3.56. The Bertz CT molecular complexity index is 683. The standard InChI is InChI=1S/C16H18FN3O2S/c1-11(21)22-13-6-8-20(9-7-13)16-19-18-15(23-16)10-12-4-2-3-5-14(12)17/h2-5,13H,6-10H2,1H3. The number of halogens is 1. The van der Waals surface area contributed by atoms with Gasteiger partial charge < -0.3 is 9.64 Å². The Morgan fingerprint density at radius 1 is 1.35 bits per heavy atom. The average Bonchev–Trinajstić information content (AvgIpc) is 2.98. The summed E-state index contributed by atoms with van der Waals surface area (Å²) in [7, 11) is 0. The summed E-state index contributed by atoms with van der Waals surface area (Å²) in [5.74, 6) is -0.446. The van der Waals surface area contributed by atoms with E-state index in [0.717, 1.165) is 36.1 Å². The van der Waals surface area contributed by atoms with Gasteiger partial charge in [0.05, 0.1) is 0 Å². The molecule has 0 bridgehead atoms. The van der Waals surface area contributed by atoms with Gasteiger partial charge in [-0.2, -0.15) is 0 Å². The second kappa shape index (κ2) is 7.04. The number of carbonyl (C=O) groups excluding carboxylic acids is 1. The minimum Gasteiger partial charge on any atom is -0.462 e. The summed E-state index contributed by atoms with van der Waals surface area (Å²) in [5, 5.41) is 10.0. The summed E-state index contributed by atoms with van der Waals surface area (Å²) >= 11 is 1.49. The molecule has 1 aliphatic heterocycles. The minimum absolute atomic E-state index is 0.00504. The summed E-state index contributed by atoms with van der Waals surface area (Å²) < 4.78 is 18.9. The SMILES string of the molecule is CC(=O)OC1CCN(c2nnc(Cc3ccccc3F)s2)CC1. The molecule has 1 fully saturated rings. The van der Waals surface area contributed by atoms with Crippen LogP contribution < -0.4 is 4.90 Å². The first-order chi connectivity index (χ1) is 11.1. The van der Waals surface area contributed by atoms with Gasteiger partial charge in [0.15, 0.2) is 0 Å². The zero-order valence-electron chi connectivity index (χ0n) is 12.9. The molecule has 0 amide bonds. The van der Waals surface area contributed by atoms with E-state index in [0.29, 0.717) is 12.0 Å². The van der Waals surface area contributed by atoms with Gasteiger partial charge in [0.2, 0.25) is 5.13 Å². The molecule has 1 aliphatic rings. The number of carbonyl (C=O) groups is 1. The molecule has 1 aromatic carbocycles. The molecule has 5 nitrogen and oxygen atoms in total. The normalized spacial score (nSPS) is 15.7. The second-order valence-electron chi connectivity index (χ2n) is 5.54. The van der Waals surface area contributed by atoms with Gasteiger partial charge in [-0.3, -0.25) is 4.79 Å². The van der Waals surface area contributed by atoms with Crippen molar-refractivity contribution in [2.24, 2.45) is 0 Å². The molecular formula is C16H18FN3O2S. The van der Waals surface area contributed by atoms with E-state index >= 15 is 0 Å². The molecule has 0 saturated carbocycles. The van der Waals surface area contributed by atoms with Crippen LogP contribution in [-0.2, 0) is 16.0 Å². The van der Waals surface area contributed by atoms with Gasteiger partial charge in [-0.05, 0) is 11.6 Å². The lowest BCUT2D eigenvalue weighted by Crippen LogP contribution is -2.37. The smallest absolute Gasteiger partial charge is 0.302 e. The summed E-state index contributed by atoms with van der Waals surface area (Å²) in [4.78, 5) is 13.1. The van der Waals surface area contributed by atoms with Crippen molar-refractivity contribution in [3.05, 3.63) is 40.7 Å². The van der Waals surface area contributed by atoms with Gasteiger partial charge in [-0.15, -0.1) is 10.2 Å². The van der Waals surface area contributed by atoms with Crippen LogP contribution in [-0.4, -0.2) is 35.4 Å². The molecule has 0 N–H and O–H groups in total. The predicted octanol–water partition coefficient (Wildman–Crippen LogP) is 2.80. The molecule has 0 aliphatic carbocycles. The number of aromatic nitrogens is 2. The Balaban J connectivity index is 1.60. The molecule has 7 heteroatoms. The molecule has 3 rings (SSSR count). The van der Waals surface area contributed by atoms with Gasteiger partial charge in [-0.25, -0.2) is 4.39 Å². The lowest BCUT2D eigenvalue weighted by atomic mass is 10.1. The van der Waals surface area contributed by atoms with E-state index in [2.05, 4.69) is 15.1 Å². The molecule has 1 saturated heterocycles. The van der Waals surface area contributed by atoms with Crippen molar-refractivity contribution in [1.29, 1.82) is 0 Å². The van der Waals surface area contributed by atoms with Crippen LogP contribution in [0.1, 0.15) is 30.3 Å². The van der Waals surface area contributed by atoms with Crippen LogP contribution in [0.2, 0.25) is 0 Å². The van der Waals surface area contributed by atoms with Crippen LogP contribution in [0.5, 0.6) is 0 Å². The van der Waals surface area contributed by atoms with Crippen LogP contribution in [0.4, 0.5) is 9.52 Å². The maximum Gasteiger partial charge on any atom is 0.302 e. The molecule has 1 aromatic heterocycles. The fourth-order valence-electron chi connectivity index (χ4n) is 2.65. The van der Waals surface area contributed by atoms with Crippen LogP contribution in [0.3, 0.4) is 0 Å². The minimum atomic E-state index is -0.230. The summed E-state index contributed by atoms with van der Waals surface area (Å²) in [5.41, 5.74) is 0.628. The van der Waals surface area contributed by atoms with E-state index in [-0.39, 0.29) is 17.9 Å². The third-order valence-corrected chi connectivity index (χ3v) is 4.78. The van der Waals surface area contributed by atoms with Crippen molar-refractivity contribution in [3.63, 3.8) is 0 Å². The number of benzene rings is 1. The highest BCUT2D eigenvalue weighted by Crippen LogP contribution is 2.26. The summed E-state index contributed by atoms with van der Waals surface area (Å²) in [6.45, 7) is 3.00. The highest BCUT2D eigenvalue weighted by molar-refractivity contribution is 7.15. The monoisotopic (exact) mass is 335 g/mol. The van der Waals surface area contributed by atoms with Gasteiger partial charge in [0.25, 0.3) is 0 Å². The second-order valence-corrected chi connectivity index (χ2v) is 6.58. The number of hydrogen-bond donors (Lipinski definition) is 0. The molecule has 0 atom stereocenters. The van der Waals surface area contributed by atoms with Gasteiger partial charge in [-0.1, -0.05) is 29.5 Å². The van der Waals surface area contributed by atoms with E-state index in [1.54, 1.807) is 12.1 Å². The van der Waals surface area contributed by atoms with Crippen LogP contribution in [0.25, 0.3) is 0 Å². The number of piperidine rings is 1. The number of nitrogens with zero attached hydrogens (tertiary/aromatic N) is 3. The first-order valence-corrected chi connectivity index (χ1v) is 8.41. The number of anilines is 1. The molecule has 0 radical (unpaired) electrons. The van der Waals surface area contributed by atoms with Crippen molar-refractivity contribution < 1.29 is 13.9 Å². The number of ether oxygens (including phenoxy) is 1. The van der Waals surface area contributed by atoms with E-state index in [1.165, 1.54) is 24.3 Å². The highest BCUT2D eigenvalue weighted by Gasteiger charge is 2.23. The Morgan fingerprint density at radius 3 is 2.78 bits per heavy atom. The van der Waals surface area contributed by atoms with Crippen molar-refractivity contribution in [3.8, 4) is 0 Å². The topological polar surface area (TPSA) is 55.3 Å². The van der Waals surface area contributed by atoms with Crippen molar-refractivity contribution >= 4 is 22.4 Å². The van der Waals surface area contributed by atoms with E-state index < -0.39 is 0 Å².